The van der Waals surface area contributed by atoms with Crippen LogP contribution in [0.5, 0.6) is 5.75 Å². The minimum atomic E-state index is -3.69. The molecule has 0 radical (unpaired) electrons. The van der Waals surface area contributed by atoms with E-state index in [-0.39, 0.29) is 17.2 Å². The summed E-state index contributed by atoms with van der Waals surface area (Å²) in [4.78, 5) is 0.247. The molecule has 4 rings (SSSR count). The highest BCUT2D eigenvalue weighted by atomic mass is 32.2. The van der Waals surface area contributed by atoms with E-state index in [1.54, 1.807) is 66.7 Å². The zero-order valence-corrected chi connectivity index (χ0v) is 19.2. The number of anilines is 1. The third kappa shape index (κ3) is 4.79. The number of methoxy groups -OCH3 is 1. The molecule has 0 atom stereocenters. The number of benzene rings is 3. The van der Waals surface area contributed by atoms with Crippen LogP contribution in [-0.4, -0.2) is 34.8 Å². The summed E-state index contributed by atoms with van der Waals surface area (Å²) in [7, 11) is -5.82. The minimum Gasteiger partial charge on any atom is -0.496 e. The Morgan fingerprint density at radius 2 is 1.62 bits per heavy atom. The molecule has 32 heavy (non-hydrogen) atoms. The first kappa shape index (κ1) is 22.3. The van der Waals surface area contributed by atoms with Gasteiger partial charge in [0.2, 0.25) is 20.0 Å². The molecule has 0 saturated carbocycles. The van der Waals surface area contributed by atoms with Gasteiger partial charge >= 0.3 is 0 Å². The highest BCUT2D eigenvalue weighted by Gasteiger charge is 2.28. The van der Waals surface area contributed by atoms with Crippen molar-refractivity contribution < 1.29 is 21.6 Å². The summed E-state index contributed by atoms with van der Waals surface area (Å²) in [6.45, 7) is 0.567. The molecular weight excluding hydrogens is 448 g/mol. The molecule has 1 N–H and O–H groups in total. The van der Waals surface area contributed by atoms with Gasteiger partial charge in [0.25, 0.3) is 0 Å². The summed E-state index contributed by atoms with van der Waals surface area (Å²) in [5.41, 5.74) is 2.75. The van der Waals surface area contributed by atoms with Gasteiger partial charge in [-0.05, 0) is 47.9 Å². The van der Waals surface area contributed by atoms with Gasteiger partial charge in [0.15, 0.2) is 0 Å². The molecule has 1 aliphatic rings. The summed E-state index contributed by atoms with van der Waals surface area (Å²) in [5, 5.41) is 0. The molecule has 0 unspecified atom stereocenters. The topological polar surface area (TPSA) is 92.8 Å². The molecule has 3 aromatic rings. The van der Waals surface area contributed by atoms with Gasteiger partial charge in [-0.2, -0.15) is 4.31 Å². The summed E-state index contributed by atoms with van der Waals surface area (Å²) < 4.78 is 60.7. The Morgan fingerprint density at radius 1 is 0.906 bits per heavy atom. The van der Waals surface area contributed by atoms with E-state index in [4.69, 9.17) is 4.74 Å². The number of sulfonamides is 2. The van der Waals surface area contributed by atoms with Gasteiger partial charge in [-0.15, -0.1) is 0 Å². The van der Waals surface area contributed by atoms with Crippen molar-refractivity contribution in [3.8, 4) is 5.75 Å². The zero-order chi connectivity index (χ0) is 22.8. The highest BCUT2D eigenvalue weighted by molar-refractivity contribution is 7.92. The van der Waals surface area contributed by atoms with Gasteiger partial charge < -0.3 is 4.74 Å². The summed E-state index contributed by atoms with van der Waals surface area (Å²) in [6, 6.07) is 20.5. The number of fused-ring (bicyclic) bond motifs is 1. The fraction of sp³-hybridized carbons (Fsp3) is 0.217. The number of nitrogens with one attached hydrogen (secondary N) is 1. The van der Waals surface area contributed by atoms with Crippen molar-refractivity contribution in [2.24, 2.45) is 0 Å². The molecule has 0 spiro atoms. The van der Waals surface area contributed by atoms with Crippen molar-refractivity contribution in [1.82, 2.24) is 4.31 Å². The number of ether oxygens (including phenoxy) is 1. The lowest BCUT2D eigenvalue weighted by atomic mass is 10.0. The van der Waals surface area contributed by atoms with Gasteiger partial charge in [0, 0.05) is 24.3 Å². The van der Waals surface area contributed by atoms with E-state index in [1.807, 2.05) is 6.07 Å². The maximum absolute atomic E-state index is 13.0. The van der Waals surface area contributed by atoms with Gasteiger partial charge in [-0.25, -0.2) is 16.8 Å². The highest BCUT2D eigenvalue weighted by Crippen LogP contribution is 2.28. The van der Waals surface area contributed by atoms with Crippen molar-refractivity contribution in [2.75, 3.05) is 18.4 Å². The minimum absolute atomic E-state index is 0.189. The van der Waals surface area contributed by atoms with E-state index >= 15 is 0 Å². The lowest BCUT2D eigenvalue weighted by Crippen LogP contribution is -2.36. The van der Waals surface area contributed by atoms with E-state index in [1.165, 1.54) is 11.4 Å². The van der Waals surface area contributed by atoms with Crippen molar-refractivity contribution in [3.05, 3.63) is 89.5 Å². The van der Waals surface area contributed by atoms with Crippen LogP contribution in [0.1, 0.15) is 16.7 Å². The van der Waals surface area contributed by atoms with Crippen molar-refractivity contribution in [3.63, 3.8) is 0 Å². The van der Waals surface area contributed by atoms with Crippen LogP contribution in [0.2, 0.25) is 0 Å². The Kier molecular flexibility index (Phi) is 6.23. The molecule has 9 heteroatoms. The Morgan fingerprint density at radius 3 is 2.38 bits per heavy atom. The van der Waals surface area contributed by atoms with Crippen LogP contribution in [0.4, 0.5) is 5.69 Å². The average molecular weight is 473 g/mol. The average Bonchev–Trinajstić information content (AvgIpc) is 2.79. The SMILES string of the molecule is COc1ccccc1CS(=O)(=O)Nc1ccc2c(c1)CN(S(=O)(=O)c1ccccc1)CC2. The van der Waals surface area contributed by atoms with Crippen molar-refractivity contribution in [2.45, 2.75) is 23.6 Å². The van der Waals surface area contributed by atoms with E-state index in [9.17, 15) is 16.8 Å². The summed E-state index contributed by atoms with van der Waals surface area (Å²) in [5.74, 6) is 0.271. The summed E-state index contributed by atoms with van der Waals surface area (Å²) in [6.07, 6.45) is 0.565. The molecule has 0 amide bonds. The fourth-order valence-electron chi connectivity index (χ4n) is 3.78. The van der Waals surface area contributed by atoms with Crippen LogP contribution in [0.25, 0.3) is 0 Å². The summed E-state index contributed by atoms with van der Waals surface area (Å²) >= 11 is 0. The Bertz CT molecular complexity index is 1320. The number of para-hydroxylation sites is 1. The van der Waals surface area contributed by atoms with Gasteiger partial charge in [-0.1, -0.05) is 42.5 Å². The molecule has 7 nitrogen and oxygen atoms in total. The Hall–Kier alpha value is -2.88. The van der Waals surface area contributed by atoms with E-state index in [0.717, 1.165) is 11.1 Å². The lowest BCUT2D eigenvalue weighted by molar-refractivity contribution is 0.391. The van der Waals surface area contributed by atoms with E-state index in [0.29, 0.717) is 30.0 Å². The molecule has 0 aliphatic carbocycles. The van der Waals surface area contributed by atoms with Gasteiger partial charge in [-0.3, -0.25) is 4.72 Å². The molecule has 0 aromatic heterocycles. The van der Waals surface area contributed by atoms with Crippen LogP contribution in [-0.2, 0) is 38.8 Å². The Labute approximate surface area is 188 Å². The van der Waals surface area contributed by atoms with E-state index < -0.39 is 20.0 Å². The predicted octanol–water partition coefficient (Wildman–Crippen LogP) is 3.38. The second-order valence-electron chi connectivity index (χ2n) is 7.56. The maximum atomic E-state index is 13.0. The van der Waals surface area contributed by atoms with E-state index in [2.05, 4.69) is 4.72 Å². The zero-order valence-electron chi connectivity index (χ0n) is 17.6. The lowest BCUT2D eigenvalue weighted by Gasteiger charge is -2.28. The fourth-order valence-corrected chi connectivity index (χ4v) is 6.43. The number of hydrogen-bond acceptors (Lipinski definition) is 5. The smallest absolute Gasteiger partial charge is 0.243 e. The van der Waals surface area contributed by atoms with Gasteiger partial charge in [0.05, 0.1) is 17.8 Å². The van der Waals surface area contributed by atoms with Crippen LogP contribution in [0.15, 0.2) is 77.7 Å². The molecule has 168 valence electrons. The van der Waals surface area contributed by atoms with Crippen molar-refractivity contribution >= 4 is 25.7 Å². The first-order valence-corrected chi connectivity index (χ1v) is 13.2. The second kappa shape index (κ2) is 8.93. The maximum Gasteiger partial charge on any atom is 0.243 e. The first-order valence-electron chi connectivity index (χ1n) is 10.1. The van der Waals surface area contributed by atoms with Crippen molar-refractivity contribution in [1.29, 1.82) is 0 Å². The van der Waals surface area contributed by atoms with Crippen LogP contribution < -0.4 is 9.46 Å². The third-order valence-corrected chi connectivity index (χ3v) is 8.47. The number of hydrogen-bond donors (Lipinski definition) is 1. The number of rotatable bonds is 7. The van der Waals surface area contributed by atoms with Crippen LogP contribution >= 0.6 is 0 Å². The second-order valence-corrected chi connectivity index (χ2v) is 11.2. The molecule has 3 aromatic carbocycles. The third-order valence-electron chi connectivity index (χ3n) is 5.38. The molecule has 0 bridgehead atoms. The van der Waals surface area contributed by atoms with Gasteiger partial charge in [0.1, 0.15) is 5.75 Å². The first-order chi connectivity index (χ1) is 15.3. The largest absolute Gasteiger partial charge is 0.496 e. The molecular formula is C23H24N2O5S2. The monoisotopic (exact) mass is 472 g/mol. The molecule has 1 heterocycles. The quantitative estimate of drug-likeness (QED) is 0.569. The predicted molar refractivity (Wildman–Crippen MR) is 123 cm³/mol. The molecule has 0 saturated heterocycles. The van der Waals surface area contributed by atoms with Crippen LogP contribution in [0.3, 0.4) is 0 Å². The molecule has 0 fully saturated rings. The Balaban J connectivity index is 1.54. The molecule has 1 aliphatic heterocycles. The number of nitrogens with zero attached hydrogens (tertiary/aromatic N) is 1. The normalized spacial score (nSPS) is 14.5. The standard InChI is InChI=1S/C23H24N2O5S2/c1-30-23-10-6-5-7-19(23)17-31(26,27)24-21-12-11-18-13-14-25(16-20(18)15-21)32(28,29)22-8-3-2-4-9-22/h2-12,15,24H,13-14,16-17H2,1H3. The van der Waals surface area contributed by atoms with Crippen LogP contribution in [0, 0.1) is 0 Å².